The number of aliphatic hydroxyl groups excluding tert-OH is 2. The van der Waals surface area contributed by atoms with E-state index in [1.165, 1.54) is 6.33 Å². The monoisotopic (exact) mass is 378 g/mol. The van der Waals surface area contributed by atoms with Gasteiger partial charge in [0.2, 0.25) is 5.82 Å². The number of hydrogen-bond donors (Lipinski definition) is 3. The molecule has 4 N–H and O–H groups in total. The Hall–Kier alpha value is -1.36. The van der Waals surface area contributed by atoms with Crippen LogP contribution in [0.5, 0.6) is 0 Å². The van der Waals surface area contributed by atoms with Gasteiger partial charge in [0.05, 0.1) is 25.5 Å². The van der Waals surface area contributed by atoms with Crippen molar-refractivity contribution < 1.29 is 33.4 Å². The molecule has 1 aromatic heterocycles. The Labute approximate surface area is 144 Å². The Bertz CT molecular complexity index is 630. The number of nitrogens with zero attached hydrogens (tertiary/aromatic N) is 3. The van der Waals surface area contributed by atoms with E-state index >= 15 is 0 Å². The van der Waals surface area contributed by atoms with Crippen molar-refractivity contribution in [3.8, 4) is 0 Å². The number of ether oxygens (including phenoxy) is 1. The molecule has 2 rings (SSSR count). The standard InChI is InChI=1S/C13H23N4O7P/c1-3-22-25(21,23-4-2)6-5-8-9(18)10(19)13(24-8)17-7-15-12(16-17)11(14)20/h7-10,13,18-19H,3-6H2,1-2H3,(H2,14,20)/t8-,9-,10-,13?/m1/s1. The second kappa shape index (κ2) is 8.35. The zero-order valence-corrected chi connectivity index (χ0v) is 14.9. The average Bonchev–Trinajstić information content (AvgIpc) is 3.13. The van der Waals surface area contributed by atoms with Crippen LogP contribution in [0.2, 0.25) is 0 Å². The van der Waals surface area contributed by atoms with E-state index < -0.39 is 38.0 Å². The minimum Gasteiger partial charge on any atom is -0.388 e. The minimum atomic E-state index is -3.29. The highest BCUT2D eigenvalue weighted by molar-refractivity contribution is 7.53. The van der Waals surface area contributed by atoms with Crippen molar-refractivity contribution >= 4 is 13.5 Å². The Morgan fingerprint density at radius 3 is 2.52 bits per heavy atom. The van der Waals surface area contributed by atoms with Crippen molar-refractivity contribution in [3.63, 3.8) is 0 Å². The molecule has 1 unspecified atom stereocenters. The van der Waals surface area contributed by atoms with Gasteiger partial charge < -0.3 is 29.7 Å². The molecule has 25 heavy (non-hydrogen) atoms. The fourth-order valence-electron chi connectivity index (χ4n) is 2.54. The van der Waals surface area contributed by atoms with Crippen LogP contribution in [-0.4, -0.2) is 68.6 Å². The largest absolute Gasteiger partial charge is 0.388 e. The molecular formula is C13H23N4O7P. The molecule has 142 valence electrons. The van der Waals surface area contributed by atoms with Crippen LogP contribution in [-0.2, 0) is 18.3 Å². The number of carbonyl (C=O) groups excluding carboxylic acids is 1. The normalized spacial score (nSPS) is 26.9. The van der Waals surface area contributed by atoms with Crippen molar-refractivity contribution in [2.45, 2.75) is 44.8 Å². The lowest BCUT2D eigenvalue weighted by molar-refractivity contribution is -0.0453. The Kier molecular flexibility index (Phi) is 6.66. The van der Waals surface area contributed by atoms with Gasteiger partial charge >= 0.3 is 7.60 Å². The summed E-state index contributed by atoms with van der Waals surface area (Å²) < 4.78 is 29.5. The summed E-state index contributed by atoms with van der Waals surface area (Å²) in [7, 11) is -3.29. The molecule has 11 nitrogen and oxygen atoms in total. The molecule has 1 aromatic rings. The highest BCUT2D eigenvalue weighted by atomic mass is 31.2. The van der Waals surface area contributed by atoms with E-state index in [0.29, 0.717) is 0 Å². The highest BCUT2D eigenvalue weighted by Gasteiger charge is 2.45. The topological polar surface area (TPSA) is 159 Å². The molecule has 0 aromatic carbocycles. The maximum Gasteiger partial charge on any atom is 0.330 e. The van der Waals surface area contributed by atoms with E-state index in [0.717, 1.165) is 4.68 Å². The third kappa shape index (κ3) is 4.63. The summed E-state index contributed by atoms with van der Waals surface area (Å²) in [6.07, 6.45) is -3.04. The van der Waals surface area contributed by atoms with Crippen LogP contribution >= 0.6 is 7.60 Å². The molecule has 1 saturated heterocycles. The predicted molar refractivity (Wildman–Crippen MR) is 84.8 cm³/mol. The summed E-state index contributed by atoms with van der Waals surface area (Å²) in [6.45, 7) is 3.86. The van der Waals surface area contributed by atoms with Crippen molar-refractivity contribution in [1.29, 1.82) is 0 Å². The van der Waals surface area contributed by atoms with Gasteiger partial charge in [-0.05, 0) is 20.3 Å². The number of carbonyl (C=O) groups is 1. The quantitative estimate of drug-likeness (QED) is 0.488. The summed E-state index contributed by atoms with van der Waals surface area (Å²) >= 11 is 0. The molecule has 1 aliphatic heterocycles. The van der Waals surface area contributed by atoms with Gasteiger partial charge in [0.1, 0.15) is 18.5 Å². The minimum absolute atomic E-state index is 0.0275. The molecule has 1 amide bonds. The number of rotatable bonds is 9. The van der Waals surface area contributed by atoms with Gasteiger partial charge in [0.25, 0.3) is 5.91 Å². The molecule has 0 radical (unpaired) electrons. The molecule has 4 atom stereocenters. The lowest BCUT2D eigenvalue weighted by Crippen LogP contribution is -2.32. The van der Waals surface area contributed by atoms with Crippen LogP contribution in [0.25, 0.3) is 0 Å². The first-order valence-electron chi connectivity index (χ1n) is 7.92. The number of aliphatic hydroxyl groups is 2. The molecule has 0 bridgehead atoms. The SMILES string of the molecule is CCOP(=O)(CC[C@H]1OC(n2cnc(C(N)=O)n2)[C@H](O)[C@@H]1O)OCC. The number of aromatic nitrogens is 3. The molecule has 0 saturated carbocycles. The van der Waals surface area contributed by atoms with Crippen molar-refractivity contribution in [2.24, 2.45) is 5.73 Å². The second-order valence-electron chi connectivity index (χ2n) is 5.42. The third-order valence-corrected chi connectivity index (χ3v) is 5.78. The van der Waals surface area contributed by atoms with Crippen LogP contribution in [0.4, 0.5) is 0 Å². The Balaban J connectivity index is 2.03. The van der Waals surface area contributed by atoms with Gasteiger partial charge in [0.15, 0.2) is 6.23 Å². The van der Waals surface area contributed by atoms with E-state index in [2.05, 4.69) is 10.1 Å². The molecule has 0 aliphatic carbocycles. The van der Waals surface area contributed by atoms with Gasteiger partial charge in [-0.15, -0.1) is 5.10 Å². The fraction of sp³-hybridized carbons (Fsp3) is 0.769. The zero-order valence-electron chi connectivity index (χ0n) is 14.0. The van der Waals surface area contributed by atoms with Gasteiger partial charge in [-0.25, -0.2) is 9.67 Å². The molecule has 2 heterocycles. The van der Waals surface area contributed by atoms with Crippen LogP contribution in [0.1, 0.15) is 37.1 Å². The lowest BCUT2D eigenvalue weighted by atomic mass is 10.1. The maximum absolute atomic E-state index is 12.5. The van der Waals surface area contributed by atoms with Crippen LogP contribution in [0.15, 0.2) is 6.33 Å². The smallest absolute Gasteiger partial charge is 0.330 e. The summed E-state index contributed by atoms with van der Waals surface area (Å²) in [5.74, 6) is -1.05. The van der Waals surface area contributed by atoms with Crippen molar-refractivity contribution in [3.05, 3.63) is 12.2 Å². The van der Waals surface area contributed by atoms with E-state index in [-0.39, 0.29) is 31.6 Å². The Morgan fingerprint density at radius 2 is 2.00 bits per heavy atom. The van der Waals surface area contributed by atoms with E-state index in [4.69, 9.17) is 19.5 Å². The summed E-state index contributed by atoms with van der Waals surface area (Å²) in [6, 6.07) is 0. The number of hydrogen-bond acceptors (Lipinski definition) is 9. The van der Waals surface area contributed by atoms with E-state index in [1.54, 1.807) is 13.8 Å². The summed E-state index contributed by atoms with van der Waals surface area (Å²) in [5, 5.41) is 24.1. The first-order chi connectivity index (χ1) is 11.8. The van der Waals surface area contributed by atoms with Gasteiger partial charge in [-0.3, -0.25) is 9.36 Å². The fourth-order valence-corrected chi connectivity index (χ4v) is 4.23. The van der Waals surface area contributed by atoms with Gasteiger partial charge in [-0.2, -0.15) is 0 Å². The van der Waals surface area contributed by atoms with Gasteiger partial charge in [-0.1, -0.05) is 0 Å². The molecule has 12 heteroatoms. The van der Waals surface area contributed by atoms with Crippen LogP contribution in [0, 0.1) is 0 Å². The van der Waals surface area contributed by atoms with E-state index in [1.807, 2.05) is 0 Å². The van der Waals surface area contributed by atoms with E-state index in [9.17, 15) is 19.6 Å². The molecule has 1 aliphatic rings. The zero-order chi connectivity index (χ0) is 18.6. The number of amides is 1. The Morgan fingerprint density at radius 1 is 1.36 bits per heavy atom. The summed E-state index contributed by atoms with van der Waals surface area (Å²) in [5.41, 5.74) is 5.08. The summed E-state index contributed by atoms with van der Waals surface area (Å²) in [4.78, 5) is 14.7. The van der Waals surface area contributed by atoms with Crippen LogP contribution < -0.4 is 5.73 Å². The average molecular weight is 378 g/mol. The molecule has 0 spiro atoms. The first-order valence-corrected chi connectivity index (χ1v) is 9.64. The lowest BCUT2D eigenvalue weighted by Gasteiger charge is -2.20. The molecule has 1 fully saturated rings. The molecular weight excluding hydrogens is 355 g/mol. The third-order valence-electron chi connectivity index (χ3n) is 3.67. The first kappa shape index (κ1) is 20.0. The van der Waals surface area contributed by atoms with Crippen molar-refractivity contribution in [1.82, 2.24) is 14.8 Å². The predicted octanol–water partition coefficient (Wildman–Crippen LogP) is -0.348. The maximum atomic E-state index is 12.5. The van der Waals surface area contributed by atoms with Gasteiger partial charge in [0, 0.05) is 0 Å². The van der Waals surface area contributed by atoms with Crippen molar-refractivity contribution in [2.75, 3.05) is 19.4 Å². The highest BCUT2D eigenvalue weighted by Crippen LogP contribution is 2.49. The second-order valence-corrected chi connectivity index (χ2v) is 7.60. The number of nitrogens with two attached hydrogens (primary N) is 1. The number of primary amides is 1. The van der Waals surface area contributed by atoms with Crippen LogP contribution in [0.3, 0.4) is 0 Å².